The van der Waals surface area contributed by atoms with E-state index in [1.165, 1.54) is 22.8 Å². The maximum atomic E-state index is 11.7. The molecule has 1 aromatic carbocycles. The van der Waals surface area contributed by atoms with Gasteiger partial charge in [-0.1, -0.05) is 18.2 Å². The molecule has 0 aliphatic carbocycles. The lowest BCUT2D eigenvalue weighted by molar-refractivity contribution is -0.150. The average molecular weight is 248 g/mol. The predicted octanol–water partition coefficient (Wildman–Crippen LogP) is 3.64. The van der Waals surface area contributed by atoms with Gasteiger partial charge in [0.2, 0.25) is 0 Å². The van der Waals surface area contributed by atoms with E-state index in [1.807, 2.05) is 26.0 Å². The molecule has 2 aromatic rings. The molecule has 2 nitrogen and oxygen atoms in total. The Balaban J connectivity index is 2.33. The minimum absolute atomic E-state index is 0.159. The van der Waals surface area contributed by atoms with Gasteiger partial charge in [0.05, 0.1) is 12.5 Å². The molecule has 0 saturated heterocycles. The second-order valence-corrected chi connectivity index (χ2v) is 5.72. The maximum Gasteiger partial charge on any atom is 0.311 e. The molecule has 0 saturated carbocycles. The lowest BCUT2D eigenvalue weighted by Crippen LogP contribution is -2.27. The highest BCUT2D eigenvalue weighted by Gasteiger charge is 2.29. The summed E-state index contributed by atoms with van der Waals surface area (Å²) < 4.78 is 6.11. The molecule has 0 unspecified atom stereocenters. The van der Waals surface area contributed by atoms with Crippen LogP contribution in [0.5, 0.6) is 0 Å². The molecule has 3 heteroatoms. The van der Waals surface area contributed by atoms with Gasteiger partial charge in [-0.05, 0) is 42.7 Å². The Labute approximate surface area is 105 Å². The van der Waals surface area contributed by atoms with E-state index in [-0.39, 0.29) is 5.97 Å². The zero-order valence-corrected chi connectivity index (χ0v) is 11.1. The molecule has 0 bridgehead atoms. The molecule has 0 N–H and O–H groups in total. The van der Waals surface area contributed by atoms with Crippen molar-refractivity contribution in [2.45, 2.75) is 20.3 Å². The number of rotatable bonds is 3. The fourth-order valence-corrected chi connectivity index (χ4v) is 2.96. The first-order valence-corrected chi connectivity index (χ1v) is 6.46. The van der Waals surface area contributed by atoms with Crippen molar-refractivity contribution in [2.24, 2.45) is 5.41 Å². The van der Waals surface area contributed by atoms with Gasteiger partial charge in [0.1, 0.15) is 0 Å². The van der Waals surface area contributed by atoms with Gasteiger partial charge in [-0.2, -0.15) is 0 Å². The molecule has 90 valence electrons. The maximum absolute atomic E-state index is 11.7. The number of ether oxygens (including phenoxy) is 1. The fraction of sp³-hybridized carbons (Fsp3) is 0.357. The molecule has 0 amide bonds. The van der Waals surface area contributed by atoms with Crippen LogP contribution < -0.4 is 0 Å². The molecular weight excluding hydrogens is 232 g/mol. The Bertz CT molecular complexity index is 540. The smallest absolute Gasteiger partial charge is 0.311 e. The van der Waals surface area contributed by atoms with Gasteiger partial charge >= 0.3 is 5.97 Å². The first kappa shape index (κ1) is 12.1. The molecule has 0 radical (unpaired) electrons. The summed E-state index contributed by atoms with van der Waals surface area (Å²) in [4.78, 5) is 11.7. The number of thiophene rings is 1. The first-order chi connectivity index (χ1) is 8.04. The highest BCUT2D eigenvalue weighted by molar-refractivity contribution is 7.17. The Morgan fingerprint density at radius 3 is 2.76 bits per heavy atom. The number of benzene rings is 1. The van der Waals surface area contributed by atoms with Crippen molar-refractivity contribution in [2.75, 3.05) is 7.11 Å². The summed E-state index contributed by atoms with van der Waals surface area (Å²) in [5.74, 6) is -0.159. The Morgan fingerprint density at radius 2 is 2.06 bits per heavy atom. The van der Waals surface area contributed by atoms with E-state index in [4.69, 9.17) is 4.74 Å². The normalized spacial score (nSPS) is 11.7. The van der Waals surface area contributed by atoms with Gasteiger partial charge in [0.15, 0.2) is 0 Å². The lowest BCUT2D eigenvalue weighted by Gasteiger charge is -2.20. The number of carbonyl (C=O) groups is 1. The monoisotopic (exact) mass is 248 g/mol. The highest BCUT2D eigenvalue weighted by atomic mass is 32.1. The number of esters is 1. The van der Waals surface area contributed by atoms with E-state index >= 15 is 0 Å². The highest BCUT2D eigenvalue weighted by Crippen LogP contribution is 2.31. The third-order valence-electron chi connectivity index (χ3n) is 2.93. The summed E-state index contributed by atoms with van der Waals surface area (Å²) >= 11 is 1.72. The molecule has 1 aromatic heterocycles. The van der Waals surface area contributed by atoms with Gasteiger partial charge in [-0.25, -0.2) is 0 Å². The van der Waals surface area contributed by atoms with Gasteiger partial charge in [-0.3, -0.25) is 4.79 Å². The van der Waals surface area contributed by atoms with Crippen LogP contribution in [0.1, 0.15) is 19.4 Å². The van der Waals surface area contributed by atoms with Gasteiger partial charge < -0.3 is 4.74 Å². The molecule has 0 spiro atoms. The quantitative estimate of drug-likeness (QED) is 0.775. The second-order valence-electron chi connectivity index (χ2n) is 4.81. The number of methoxy groups -OCH3 is 1. The van der Waals surface area contributed by atoms with Crippen LogP contribution in [0, 0.1) is 5.41 Å². The van der Waals surface area contributed by atoms with Crippen molar-refractivity contribution >= 4 is 27.4 Å². The van der Waals surface area contributed by atoms with E-state index in [1.54, 1.807) is 11.3 Å². The van der Waals surface area contributed by atoms with E-state index in [9.17, 15) is 4.79 Å². The molecule has 17 heavy (non-hydrogen) atoms. The summed E-state index contributed by atoms with van der Waals surface area (Å²) in [6.07, 6.45) is 0.712. The summed E-state index contributed by atoms with van der Waals surface area (Å²) in [5, 5.41) is 3.38. The number of hydrogen-bond acceptors (Lipinski definition) is 3. The van der Waals surface area contributed by atoms with Crippen LogP contribution in [-0.4, -0.2) is 13.1 Å². The van der Waals surface area contributed by atoms with Crippen molar-refractivity contribution in [1.29, 1.82) is 0 Å². The first-order valence-electron chi connectivity index (χ1n) is 5.58. The van der Waals surface area contributed by atoms with Gasteiger partial charge in [0.25, 0.3) is 0 Å². The van der Waals surface area contributed by atoms with Crippen LogP contribution in [0.25, 0.3) is 10.1 Å². The van der Waals surface area contributed by atoms with Crippen LogP contribution >= 0.6 is 11.3 Å². The minimum Gasteiger partial charge on any atom is -0.469 e. The second kappa shape index (κ2) is 4.49. The van der Waals surface area contributed by atoms with Crippen LogP contribution in [0.15, 0.2) is 29.6 Å². The van der Waals surface area contributed by atoms with Crippen molar-refractivity contribution < 1.29 is 9.53 Å². The molecule has 0 aliphatic rings. The fourth-order valence-electron chi connectivity index (χ4n) is 1.99. The SMILES string of the molecule is COC(=O)C(C)(C)Cc1csc2ccccc12. The molecular formula is C14H16O2S. The van der Waals surface area contributed by atoms with Crippen molar-refractivity contribution in [1.82, 2.24) is 0 Å². The average Bonchev–Trinajstić information content (AvgIpc) is 2.71. The largest absolute Gasteiger partial charge is 0.469 e. The third-order valence-corrected chi connectivity index (χ3v) is 3.94. The van der Waals surface area contributed by atoms with Crippen LogP contribution in [0.4, 0.5) is 0 Å². The number of fused-ring (bicyclic) bond motifs is 1. The summed E-state index contributed by atoms with van der Waals surface area (Å²) in [6.45, 7) is 3.84. The van der Waals surface area contributed by atoms with Crippen LogP contribution in [-0.2, 0) is 16.0 Å². The standard InChI is InChI=1S/C14H16O2S/c1-14(2,13(15)16-3)8-10-9-17-12-7-5-4-6-11(10)12/h4-7,9H,8H2,1-3H3. The summed E-state index contributed by atoms with van der Waals surface area (Å²) in [5.41, 5.74) is 0.750. The molecule has 2 rings (SSSR count). The minimum atomic E-state index is -0.474. The molecule has 0 fully saturated rings. The molecule has 1 heterocycles. The Hall–Kier alpha value is -1.35. The molecule has 0 aliphatic heterocycles. The summed E-state index contributed by atoms with van der Waals surface area (Å²) in [7, 11) is 1.44. The third kappa shape index (κ3) is 2.34. The lowest BCUT2D eigenvalue weighted by atomic mass is 9.86. The van der Waals surface area contributed by atoms with E-state index in [0.29, 0.717) is 6.42 Å². The topological polar surface area (TPSA) is 26.3 Å². The van der Waals surface area contributed by atoms with Crippen molar-refractivity contribution in [3.63, 3.8) is 0 Å². The number of carbonyl (C=O) groups excluding carboxylic acids is 1. The van der Waals surface area contributed by atoms with E-state index < -0.39 is 5.41 Å². The van der Waals surface area contributed by atoms with E-state index in [0.717, 1.165) is 0 Å². The van der Waals surface area contributed by atoms with Crippen molar-refractivity contribution in [3.05, 3.63) is 35.2 Å². The van der Waals surface area contributed by atoms with Crippen LogP contribution in [0.3, 0.4) is 0 Å². The Kier molecular flexibility index (Phi) is 3.20. The van der Waals surface area contributed by atoms with E-state index in [2.05, 4.69) is 17.5 Å². The van der Waals surface area contributed by atoms with Gasteiger partial charge in [0, 0.05) is 4.70 Å². The van der Waals surface area contributed by atoms with Gasteiger partial charge in [-0.15, -0.1) is 11.3 Å². The molecule has 0 atom stereocenters. The predicted molar refractivity (Wildman–Crippen MR) is 71.3 cm³/mol. The summed E-state index contributed by atoms with van der Waals surface area (Å²) in [6, 6.07) is 8.28. The van der Waals surface area contributed by atoms with Crippen LogP contribution in [0.2, 0.25) is 0 Å². The zero-order chi connectivity index (χ0) is 12.5. The zero-order valence-electron chi connectivity index (χ0n) is 10.3. The Morgan fingerprint density at radius 1 is 1.35 bits per heavy atom. The number of hydrogen-bond donors (Lipinski definition) is 0. The van der Waals surface area contributed by atoms with Crippen molar-refractivity contribution in [3.8, 4) is 0 Å².